The molecule has 0 amide bonds. The second-order valence-corrected chi connectivity index (χ2v) is 8.20. The smallest absolute Gasteiger partial charge is 0.307 e. The maximum Gasteiger partial charge on any atom is 0.307 e. The molecule has 1 saturated carbocycles. The summed E-state index contributed by atoms with van der Waals surface area (Å²) in [6.45, 7) is 1.96. The number of carboxylic acids is 1. The number of carboxylic acid groups (broad SMARTS) is 1. The molecule has 2 heterocycles. The van der Waals surface area contributed by atoms with Crippen LogP contribution in [0.5, 0.6) is 0 Å². The number of aliphatic carboxylic acids is 1. The maximum atomic E-state index is 11.4. The monoisotopic (exact) mass is 400 g/mol. The molecule has 1 aromatic carbocycles. The lowest BCUT2D eigenvalue weighted by molar-refractivity contribution is -0.145. The number of hydrogen-bond acceptors (Lipinski definition) is 5. The van der Waals surface area contributed by atoms with E-state index in [0.717, 1.165) is 59.5 Å². The van der Waals surface area contributed by atoms with Gasteiger partial charge in [-0.2, -0.15) is 0 Å². The molecular formula is C24H24N4O2. The Morgan fingerprint density at radius 2 is 2.10 bits per heavy atom. The van der Waals surface area contributed by atoms with Crippen LogP contribution in [0, 0.1) is 12.8 Å². The summed E-state index contributed by atoms with van der Waals surface area (Å²) in [6.07, 6.45) is 7.41. The third-order valence-electron chi connectivity index (χ3n) is 6.24. The van der Waals surface area contributed by atoms with Crippen LogP contribution < -0.4 is 5.32 Å². The lowest BCUT2D eigenvalue weighted by atomic mass is 9.70. The van der Waals surface area contributed by atoms with Gasteiger partial charge >= 0.3 is 5.97 Å². The highest BCUT2D eigenvalue weighted by Crippen LogP contribution is 2.43. The van der Waals surface area contributed by atoms with Crippen molar-refractivity contribution in [1.82, 2.24) is 4.98 Å². The van der Waals surface area contributed by atoms with Crippen LogP contribution in [0.15, 0.2) is 64.2 Å². The van der Waals surface area contributed by atoms with Crippen molar-refractivity contribution in [3.8, 4) is 0 Å². The van der Waals surface area contributed by atoms with Crippen LogP contribution in [0.4, 0.5) is 5.69 Å². The Kier molecular flexibility index (Phi) is 4.69. The molecule has 3 unspecified atom stereocenters. The SMILES string of the molecule is Cc1ccc(C2=NC(Nc3cccc(C4CCC4C(=O)O)c3)C3=CCCC3=N2)cn1. The van der Waals surface area contributed by atoms with Crippen LogP contribution in [0.25, 0.3) is 0 Å². The average Bonchev–Trinajstić information content (AvgIpc) is 3.16. The van der Waals surface area contributed by atoms with Crippen LogP contribution in [-0.4, -0.2) is 33.8 Å². The van der Waals surface area contributed by atoms with Crippen molar-refractivity contribution < 1.29 is 9.90 Å². The van der Waals surface area contributed by atoms with Crippen molar-refractivity contribution in [3.63, 3.8) is 0 Å². The third-order valence-corrected chi connectivity index (χ3v) is 6.24. The van der Waals surface area contributed by atoms with Gasteiger partial charge in [-0.15, -0.1) is 0 Å². The Hall–Kier alpha value is -3.28. The van der Waals surface area contributed by atoms with Crippen molar-refractivity contribution in [2.75, 3.05) is 5.32 Å². The molecule has 2 aromatic rings. The lowest BCUT2D eigenvalue weighted by Crippen LogP contribution is -2.31. The fourth-order valence-electron chi connectivity index (χ4n) is 4.43. The molecule has 2 N–H and O–H groups in total. The number of nitrogens with one attached hydrogen (secondary N) is 1. The Balaban J connectivity index is 1.42. The number of aliphatic imine (C=N–C) groups is 2. The number of rotatable bonds is 5. The molecule has 0 spiro atoms. The first-order chi connectivity index (χ1) is 14.6. The van der Waals surface area contributed by atoms with E-state index in [2.05, 4.69) is 22.4 Å². The summed E-state index contributed by atoms with van der Waals surface area (Å²) in [4.78, 5) is 25.5. The van der Waals surface area contributed by atoms with E-state index in [9.17, 15) is 9.90 Å². The molecule has 2 aliphatic carbocycles. The first-order valence-corrected chi connectivity index (χ1v) is 10.5. The predicted octanol–water partition coefficient (Wildman–Crippen LogP) is 4.33. The van der Waals surface area contributed by atoms with E-state index >= 15 is 0 Å². The van der Waals surface area contributed by atoms with Gasteiger partial charge in [-0.25, -0.2) is 9.98 Å². The van der Waals surface area contributed by atoms with Gasteiger partial charge in [-0.05, 0) is 68.4 Å². The summed E-state index contributed by atoms with van der Waals surface area (Å²) in [5.74, 6) is -0.175. The maximum absolute atomic E-state index is 11.4. The molecule has 0 radical (unpaired) electrons. The van der Waals surface area contributed by atoms with Crippen molar-refractivity contribution in [1.29, 1.82) is 0 Å². The lowest BCUT2D eigenvalue weighted by Gasteiger charge is -2.34. The van der Waals surface area contributed by atoms with Crippen molar-refractivity contribution >= 4 is 23.2 Å². The molecule has 0 bridgehead atoms. The van der Waals surface area contributed by atoms with Gasteiger partial charge in [-0.1, -0.05) is 18.2 Å². The van der Waals surface area contributed by atoms with E-state index in [1.807, 2.05) is 43.5 Å². The number of fused-ring (bicyclic) bond motifs is 1. The zero-order valence-corrected chi connectivity index (χ0v) is 16.9. The average molecular weight is 400 g/mol. The minimum atomic E-state index is -0.699. The highest BCUT2D eigenvalue weighted by molar-refractivity contribution is 6.16. The number of amidine groups is 1. The summed E-state index contributed by atoms with van der Waals surface area (Å²) in [7, 11) is 0. The van der Waals surface area contributed by atoms with Crippen molar-refractivity contribution in [2.24, 2.45) is 15.9 Å². The van der Waals surface area contributed by atoms with Gasteiger partial charge in [0.2, 0.25) is 0 Å². The molecule has 6 heteroatoms. The number of carbonyl (C=O) groups is 1. The molecule has 5 rings (SSSR count). The predicted molar refractivity (Wildman–Crippen MR) is 117 cm³/mol. The quantitative estimate of drug-likeness (QED) is 0.782. The molecule has 30 heavy (non-hydrogen) atoms. The van der Waals surface area contributed by atoms with Crippen LogP contribution in [0.2, 0.25) is 0 Å². The fraction of sp³-hybridized carbons (Fsp3) is 0.333. The van der Waals surface area contributed by atoms with Gasteiger partial charge in [0, 0.05) is 28.7 Å². The van der Waals surface area contributed by atoms with E-state index in [-0.39, 0.29) is 18.0 Å². The standard InChI is InChI=1S/C24H24N4O2/c1-14-8-9-16(13-25-14)22-27-21-7-3-6-20(21)23(28-22)26-17-5-2-4-15(12-17)18-10-11-19(18)24(29)30/h2,4-6,8-9,12-13,18-19,23,26H,3,7,10-11H2,1H3,(H,29,30). The normalized spacial score (nSPS) is 24.8. The summed E-state index contributed by atoms with van der Waals surface area (Å²) in [5.41, 5.74) is 6.13. The summed E-state index contributed by atoms with van der Waals surface area (Å²) in [5, 5.41) is 12.9. The number of aromatic nitrogens is 1. The van der Waals surface area contributed by atoms with E-state index in [1.165, 1.54) is 0 Å². The number of benzene rings is 1. The molecule has 152 valence electrons. The van der Waals surface area contributed by atoms with Gasteiger partial charge in [0.1, 0.15) is 6.17 Å². The van der Waals surface area contributed by atoms with Crippen LogP contribution in [0.1, 0.15) is 48.4 Å². The second-order valence-electron chi connectivity index (χ2n) is 8.20. The Bertz CT molecular complexity index is 1080. The first kappa shape index (κ1) is 18.7. The van der Waals surface area contributed by atoms with Crippen molar-refractivity contribution in [3.05, 3.63) is 71.1 Å². The molecule has 6 nitrogen and oxygen atoms in total. The molecule has 1 fully saturated rings. The molecule has 3 atom stereocenters. The first-order valence-electron chi connectivity index (χ1n) is 10.5. The number of pyridine rings is 1. The van der Waals surface area contributed by atoms with Crippen LogP contribution in [0.3, 0.4) is 0 Å². The number of hydrogen-bond donors (Lipinski definition) is 2. The molecular weight excluding hydrogens is 376 g/mol. The molecule has 0 saturated heterocycles. The minimum Gasteiger partial charge on any atom is -0.481 e. The number of allylic oxidation sites excluding steroid dienone is 1. The van der Waals surface area contributed by atoms with E-state index in [0.29, 0.717) is 5.84 Å². The minimum absolute atomic E-state index is 0.0936. The summed E-state index contributed by atoms with van der Waals surface area (Å²) < 4.78 is 0. The second kappa shape index (κ2) is 7.52. The molecule has 1 aliphatic heterocycles. The van der Waals surface area contributed by atoms with E-state index in [4.69, 9.17) is 9.98 Å². The third kappa shape index (κ3) is 3.43. The number of nitrogens with zero attached hydrogens (tertiary/aromatic N) is 3. The number of aryl methyl sites for hydroxylation is 1. The van der Waals surface area contributed by atoms with Crippen LogP contribution in [-0.2, 0) is 4.79 Å². The van der Waals surface area contributed by atoms with Gasteiger partial charge in [0.25, 0.3) is 0 Å². The molecule has 1 aromatic heterocycles. The van der Waals surface area contributed by atoms with E-state index in [1.54, 1.807) is 0 Å². The fourth-order valence-corrected chi connectivity index (χ4v) is 4.43. The Morgan fingerprint density at radius 3 is 2.83 bits per heavy atom. The van der Waals surface area contributed by atoms with Gasteiger partial charge < -0.3 is 10.4 Å². The zero-order chi connectivity index (χ0) is 20.7. The van der Waals surface area contributed by atoms with Crippen molar-refractivity contribution in [2.45, 2.75) is 44.7 Å². The zero-order valence-electron chi connectivity index (χ0n) is 16.9. The highest BCUT2D eigenvalue weighted by atomic mass is 16.4. The Labute approximate surface area is 175 Å². The van der Waals surface area contributed by atoms with Gasteiger partial charge in [0.05, 0.1) is 11.6 Å². The number of anilines is 1. The molecule has 3 aliphatic rings. The highest BCUT2D eigenvalue weighted by Gasteiger charge is 2.37. The summed E-state index contributed by atoms with van der Waals surface area (Å²) >= 11 is 0. The van der Waals surface area contributed by atoms with Crippen LogP contribution >= 0.6 is 0 Å². The van der Waals surface area contributed by atoms with Gasteiger partial charge in [-0.3, -0.25) is 9.78 Å². The van der Waals surface area contributed by atoms with Gasteiger partial charge in [0.15, 0.2) is 5.84 Å². The summed E-state index contributed by atoms with van der Waals surface area (Å²) in [6, 6.07) is 12.1. The largest absolute Gasteiger partial charge is 0.481 e. The van der Waals surface area contributed by atoms with E-state index < -0.39 is 5.97 Å². The Morgan fingerprint density at radius 1 is 1.20 bits per heavy atom. The topological polar surface area (TPSA) is 86.9 Å².